The third-order valence-corrected chi connectivity index (χ3v) is 5.55. The van der Waals surface area contributed by atoms with Crippen molar-refractivity contribution in [3.63, 3.8) is 0 Å². The highest BCUT2D eigenvalue weighted by atomic mass is 32.2. The summed E-state index contributed by atoms with van der Waals surface area (Å²) in [4.78, 5) is 58.2. The van der Waals surface area contributed by atoms with Crippen LogP contribution in [0.25, 0.3) is 0 Å². The first-order valence-electron chi connectivity index (χ1n) is 8.24. The second-order valence-corrected chi connectivity index (χ2v) is 7.44. The van der Waals surface area contributed by atoms with E-state index < -0.39 is 46.9 Å². The van der Waals surface area contributed by atoms with E-state index in [1.807, 2.05) is 0 Å². The molecule has 2 unspecified atom stereocenters. The summed E-state index contributed by atoms with van der Waals surface area (Å²) in [5.74, 6) is -4.70. The molecule has 3 atom stereocenters. The molecule has 2 rings (SSSR count). The van der Waals surface area contributed by atoms with E-state index in [0.29, 0.717) is 5.75 Å². The third kappa shape index (κ3) is 5.22. The number of carbonyl (C=O) groups excluding carboxylic acids is 3. The van der Waals surface area contributed by atoms with Gasteiger partial charge in [-0.15, -0.1) is 11.8 Å². The van der Waals surface area contributed by atoms with E-state index in [2.05, 4.69) is 0 Å². The topological polar surface area (TPSA) is 164 Å². The highest BCUT2D eigenvalue weighted by molar-refractivity contribution is 8.00. The van der Waals surface area contributed by atoms with Gasteiger partial charge in [0, 0.05) is 25.0 Å². The maximum absolute atomic E-state index is 12.2. The number of esters is 1. The number of thioether (sulfide) groups is 1. The van der Waals surface area contributed by atoms with E-state index >= 15 is 0 Å². The monoisotopic (exact) mass is 400 g/mol. The molecule has 2 amide bonds. The number of carboxylic acids is 2. The molecule has 4 N–H and O–H groups in total. The van der Waals surface area contributed by atoms with Crippen molar-refractivity contribution in [3.8, 4) is 0 Å². The summed E-state index contributed by atoms with van der Waals surface area (Å²) in [6.07, 6.45) is 1.04. The number of carboxylic acid groups (broad SMARTS) is 2. The SMILES string of the molecule is NC(=O)CC(CCC(=O)O)CC(=O)OCC1C(=O)N2C(C(=O)O)=CCS[C@@H]12. The molecule has 1 saturated heterocycles. The summed E-state index contributed by atoms with van der Waals surface area (Å²) in [5, 5.41) is 17.4. The molecule has 0 aromatic heterocycles. The van der Waals surface area contributed by atoms with Crippen molar-refractivity contribution in [2.75, 3.05) is 12.4 Å². The molecule has 2 aliphatic heterocycles. The molecule has 11 heteroatoms. The Balaban J connectivity index is 1.85. The lowest BCUT2D eigenvalue weighted by Gasteiger charge is -2.47. The molecule has 0 bridgehead atoms. The first-order valence-corrected chi connectivity index (χ1v) is 9.29. The number of ether oxygens (including phenoxy) is 1. The summed E-state index contributed by atoms with van der Waals surface area (Å²) < 4.78 is 5.11. The van der Waals surface area contributed by atoms with E-state index in [9.17, 15) is 24.0 Å². The predicted octanol–water partition coefficient (Wildman–Crippen LogP) is -0.224. The number of carbonyl (C=O) groups is 5. The molecular formula is C16H20N2O8S. The Morgan fingerprint density at radius 1 is 1.30 bits per heavy atom. The molecule has 148 valence electrons. The molecule has 27 heavy (non-hydrogen) atoms. The fraction of sp³-hybridized carbons (Fsp3) is 0.562. The molecule has 0 aliphatic carbocycles. The van der Waals surface area contributed by atoms with Crippen LogP contribution < -0.4 is 5.73 Å². The van der Waals surface area contributed by atoms with Gasteiger partial charge in [-0.1, -0.05) is 0 Å². The number of aliphatic carboxylic acids is 2. The number of β-lactam (4-membered cyclic amide) rings is 1. The second-order valence-electron chi connectivity index (χ2n) is 6.29. The van der Waals surface area contributed by atoms with Gasteiger partial charge < -0.3 is 20.7 Å². The van der Waals surface area contributed by atoms with Crippen molar-refractivity contribution in [3.05, 3.63) is 11.8 Å². The summed E-state index contributed by atoms with van der Waals surface area (Å²) in [5.41, 5.74) is 5.04. The number of hydrogen-bond donors (Lipinski definition) is 3. The molecule has 0 aromatic carbocycles. The quantitative estimate of drug-likeness (QED) is 0.332. The molecule has 0 aromatic rings. The lowest BCUT2D eigenvalue weighted by molar-refractivity contribution is -0.160. The summed E-state index contributed by atoms with van der Waals surface area (Å²) in [7, 11) is 0. The van der Waals surface area contributed by atoms with E-state index in [4.69, 9.17) is 20.7 Å². The van der Waals surface area contributed by atoms with Gasteiger partial charge in [-0.3, -0.25) is 24.1 Å². The minimum Gasteiger partial charge on any atom is -0.481 e. The summed E-state index contributed by atoms with van der Waals surface area (Å²) >= 11 is 1.38. The number of nitrogens with two attached hydrogens (primary N) is 1. The van der Waals surface area contributed by atoms with Crippen LogP contribution in [0.15, 0.2) is 11.8 Å². The fourth-order valence-electron chi connectivity index (χ4n) is 3.00. The molecule has 2 aliphatic rings. The normalized spacial score (nSPS) is 22.1. The summed E-state index contributed by atoms with van der Waals surface area (Å²) in [6, 6.07) is 0. The molecule has 0 saturated carbocycles. The Morgan fingerprint density at radius 3 is 2.59 bits per heavy atom. The molecule has 10 nitrogen and oxygen atoms in total. The first kappa shape index (κ1) is 20.7. The Bertz CT molecular complexity index is 692. The zero-order valence-electron chi connectivity index (χ0n) is 14.3. The molecule has 1 fully saturated rings. The van der Waals surface area contributed by atoms with Crippen molar-refractivity contribution in [2.45, 2.75) is 31.1 Å². The van der Waals surface area contributed by atoms with Crippen molar-refractivity contribution in [1.82, 2.24) is 4.90 Å². The van der Waals surface area contributed by atoms with Crippen molar-refractivity contribution >= 4 is 41.5 Å². The minimum atomic E-state index is -1.18. The number of hydrogen-bond acceptors (Lipinski definition) is 7. The highest BCUT2D eigenvalue weighted by Gasteiger charge is 2.52. The predicted molar refractivity (Wildman–Crippen MR) is 92.0 cm³/mol. The van der Waals surface area contributed by atoms with Gasteiger partial charge in [-0.05, 0) is 18.4 Å². The van der Waals surface area contributed by atoms with Gasteiger partial charge in [-0.25, -0.2) is 4.79 Å². The van der Waals surface area contributed by atoms with Crippen LogP contribution in [0.2, 0.25) is 0 Å². The number of rotatable bonds is 10. The van der Waals surface area contributed by atoms with Gasteiger partial charge in [-0.2, -0.15) is 0 Å². The van der Waals surface area contributed by atoms with Crippen molar-refractivity contribution in [1.29, 1.82) is 0 Å². The van der Waals surface area contributed by atoms with E-state index in [0.717, 1.165) is 0 Å². The average Bonchev–Trinajstić information content (AvgIpc) is 2.58. The standard InChI is InChI=1S/C16H20N2O8S/c17-11(19)5-8(1-2-12(20)21)6-13(22)26-7-9-14(23)18-10(16(24)25)3-4-27-15(9)18/h3,8-9,15H,1-2,4-7H2,(H2,17,19)(H,20,21)(H,24,25)/t8?,9?,15-/m0/s1. The average molecular weight is 400 g/mol. The van der Waals surface area contributed by atoms with Crippen LogP contribution in [0.1, 0.15) is 25.7 Å². The molecule has 0 radical (unpaired) electrons. The Kier molecular flexibility index (Phi) is 6.83. The lowest BCUT2D eigenvalue weighted by atomic mass is 9.95. The third-order valence-electron chi connectivity index (χ3n) is 4.31. The molecule has 2 heterocycles. The largest absolute Gasteiger partial charge is 0.481 e. The van der Waals surface area contributed by atoms with Crippen molar-refractivity contribution in [2.24, 2.45) is 17.6 Å². The first-order chi connectivity index (χ1) is 12.7. The van der Waals surface area contributed by atoms with E-state index in [1.165, 1.54) is 22.7 Å². The zero-order valence-corrected chi connectivity index (χ0v) is 15.1. The minimum absolute atomic E-state index is 0.0680. The van der Waals surface area contributed by atoms with Crippen LogP contribution in [0, 0.1) is 11.8 Å². The van der Waals surface area contributed by atoms with Gasteiger partial charge in [0.15, 0.2) is 0 Å². The van der Waals surface area contributed by atoms with Gasteiger partial charge in [0.1, 0.15) is 18.2 Å². The van der Waals surface area contributed by atoms with Crippen LogP contribution in [-0.2, 0) is 28.7 Å². The number of amides is 2. The van der Waals surface area contributed by atoms with Crippen LogP contribution in [-0.4, -0.2) is 62.6 Å². The molecular weight excluding hydrogens is 380 g/mol. The highest BCUT2D eigenvalue weighted by Crippen LogP contribution is 2.41. The zero-order chi connectivity index (χ0) is 20.1. The van der Waals surface area contributed by atoms with Crippen LogP contribution >= 0.6 is 11.8 Å². The summed E-state index contributed by atoms with van der Waals surface area (Å²) in [6.45, 7) is -0.193. The second kappa shape index (κ2) is 8.89. The lowest BCUT2D eigenvalue weighted by Crippen LogP contribution is -2.62. The van der Waals surface area contributed by atoms with Gasteiger partial charge in [0.2, 0.25) is 11.8 Å². The number of primary amides is 1. The Hall–Kier alpha value is -2.56. The maximum atomic E-state index is 12.2. The Morgan fingerprint density at radius 2 is 2.00 bits per heavy atom. The Labute approximate surface area is 158 Å². The van der Waals surface area contributed by atoms with Gasteiger partial charge >= 0.3 is 17.9 Å². The van der Waals surface area contributed by atoms with E-state index in [-0.39, 0.29) is 38.0 Å². The van der Waals surface area contributed by atoms with Gasteiger partial charge in [0.05, 0.1) is 5.37 Å². The number of fused-ring (bicyclic) bond motifs is 1. The van der Waals surface area contributed by atoms with Crippen LogP contribution in [0.3, 0.4) is 0 Å². The van der Waals surface area contributed by atoms with Gasteiger partial charge in [0.25, 0.3) is 0 Å². The molecule has 0 spiro atoms. The van der Waals surface area contributed by atoms with Crippen LogP contribution in [0.5, 0.6) is 0 Å². The number of nitrogens with zero attached hydrogens (tertiary/aromatic N) is 1. The fourth-order valence-corrected chi connectivity index (χ4v) is 4.25. The van der Waals surface area contributed by atoms with Crippen LogP contribution in [0.4, 0.5) is 0 Å². The van der Waals surface area contributed by atoms with Crippen molar-refractivity contribution < 1.29 is 38.9 Å². The smallest absolute Gasteiger partial charge is 0.352 e. The van der Waals surface area contributed by atoms with E-state index in [1.54, 1.807) is 0 Å². The maximum Gasteiger partial charge on any atom is 0.352 e.